The van der Waals surface area contributed by atoms with Crippen LogP contribution in [0, 0.1) is 13.8 Å². The van der Waals surface area contributed by atoms with Crippen LogP contribution in [-0.4, -0.2) is 69.9 Å². The lowest BCUT2D eigenvalue weighted by Gasteiger charge is -2.29. The molecule has 1 amide bonds. The zero-order valence-corrected chi connectivity index (χ0v) is 20.1. The van der Waals surface area contributed by atoms with Gasteiger partial charge in [0.25, 0.3) is 5.91 Å². The third-order valence-electron chi connectivity index (χ3n) is 5.81. The number of aryl methyl sites for hydroxylation is 2. The van der Waals surface area contributed by atoms with Crippen molar-refractivity contribution in [1.82, 2.24) is 9.88 Å². The summed E-state index contributed by atoms with van der Waals surface area (Å²) in [5.41, 5.74) is 3.28. The Labute approximate surface area is 192 Å². The second-order valence-corrected chi connectivity index (χ2v) is 11.0. The van der Waals surface area contributed by atoms with Gasteiger partial charge in [-0.3, -0.25) is 14.6 Å². The van der Waals surface area contributed by atoms with Crippen LogP contribution in [-0.2, 0) is 14.6 Å². The standard InChI is InChI=1S/C23H27N3O4S2/c1-16-8-9-19-21(17(16)2)24-23(31-19)26(11-10-25-12-14-30-15-13-25)22(27)18-6-4-5-7-20(18)32(3,28)29/h4-9H,10-15H2,1-3H3. The Hall–Kier alpha value is -2.33. The minimum absolute atomic E-state index is 0.0366. The van der Waals surface area contributed by atoms with E-state index in [0.29, 0.717) is 31.4 Å². The van der Waals surface area contributed by atoms with Gasteiger partial charge in [-0.2, -0.15) is 0 Å². The first kappa shape index (κ1) is 22.8. The summed E-state index contributed by atoms with van der Waals surface area (Å²) in [6.45, 7) is 8.09. The second kappa shape index (κ2) is 9.27. The molecule has 0 unspecified atom stereocenters. The lowest BCUT2D eigenvalue weighted by Crippen LogP contribution is -2.43. The maximum absolute atomic E-state index is 13.7. The fraction of sp³-hybridized carbons (Fsp3) is 0.391. The van der Waals surface area contributed by atoms with Gasteiger partial charge in [-0.1, -0.05) is 29.5 Å². The predicted molar refractivity (Wildman–Crippen MR) is 128 cm³/mol. The minimum Gasteiger partial charge on any atom is -0.379 e. The van der Waals surface area contributed by atoms with Crippen LogP contribution >= 0.6 is 11.3 Å². The molecule has 3 aromatic rings. The van der Waals surface area contributed by atoms with Gasteiger partial charge in [-0.25, -0.2) is 13.4 Å². The number of aromatic nitrogens is 1. The van der Waals surface area contributed by atoms with Crippen LogP contribution in [0.15, 0.2) is 41.3 Å². The Balaban J connectivity index is 1.74. The molecule has 2 heterocycles. The topological polar surface area (TPSA) is 79.8 Å². The van der Waals surface area contributed by atoms with Crippen molar-refractivity contribution in [1.29, 1.82) is 0 Å². The van der Waals surface area contributed by atoms with Gasteiger partial charge < -0.3 is 4.74 Å². The number of hydrogen-bond acceptors (Lipinski definition) is 7. The maximum atomic E-state index is 13.7. The fourth-order valence-corrected chi connectivity index (χ4v) is 5.72. The number of rotatable bonds is 6. The van der Waals surface area contributed by atoms with Crippen LogP contribution in [0.4, 0.5) is 5.13 Å². The molecule has 0 saturated carbocycles. The number of amides is 1. The molecular formula is C23H27N3O4S2. The van der Waals surface area contributed by atoms with Crippen LogP contribution in [0.5, 0.6) is 0 Å². The van der Waals surface area contributed by atoms with E-state index in [9.17, 15) is 13.2 Å². The number of anilines is 1. The summed E-state index contributed by atoms with van der Waals surface area (Å²) >= 11 is 1.45. The normalized spacial score (nSPS) is 15.2. The highest BCUT2D eigenvalue weighted by Gasteiger charge is 2.27. The highest BCUT2D eigenvalue weighted by Crippen LogP contribution is 2.33. The van der Waals surface area contributed by atoms with Crippen molar-refractivity contribution in [2.75, 3.05) is 50.5 Å². The van der Waals surface area contributed by atoms with Crippen LogP contribution in [0.3, 0.4) is 0 Å². The van der Waals surface area contributed by atoms with Gasteiger partial charge in [0.05, 0.1) is 33.9 Å². The molecule has 1 aliphatic heterocycles. The smallest absolute Gasteiger partial charge is 0.261 e. The molecule has 32 heavy (non-hydrogen) atoms. The summed E-state index contributed by atoms with van der Waals surface area (Å²) < 4.78 is 31.1. The number of hydrogen-bond donors (Lipinski definition) is 0. The molecule has 0 radical (unpaired) electrons. The van der Waals surface area contributed by atoms with Crippen molar-refractivity contribution in [3.8, 4) is 0 Å². The van der Waals surface area contributed by atoms with Gasteiger partial charge >= 0.3 is 0 Å². The Morgan fingerprint density at radius 1 is 1.16 bits per heavy atom. The van der Waals surface area contributed by atoms with Crippen LogP contribution in [0.25, 0.3) is 10.2 Å². The third-order valence-corrected chi connectivity index (χ3v) is 8.01. The largest absolute Gasteiger partial charge is 0.379 e. The van der Waals surface area contributed by atoms with E-state index >= 15 is 0 Å². The summed E-state index contributed by atoms with van der Waals surface area (Å²) in [6, 6.07) is 10.5. The summed E-state index contributed by atoms with van der Waals surface area (Å²) in [7, 11) is -3.56. The number of nitrogens with zero attached hydrogens (tertiary/aromatic N) is 3. The van der Waals surface area contributed by atoms with Crippen LogP contribution in [0.2, 0.25) is 0 Å². The molecule has 9 heteroatoms. The zero-order chi connectivity index (χ0) is 22.9. The third kappa shape index (κ3) is 4.71. The Morgan fingerprint density at radius 3 is 2.59 bits per heavy atom. The molecule has 4 rings (SSSR count). The lowest BCUT2D eigenvalue weighted by atomic mass is 10.1. The van der Waals surface area contributed by atoms with Crippen molar-refractivity contribution in [3.05, 3.63) is 53.1 Å². The van der Waals surface area contributed by atoms with E-state index in [-0.39, 0.29) is 16.4 Å². The highest BCUT2D eigenvalue weighted by molar-refractivity contribution is 7.90. The minimum atomic E-state index is -3.56. The van der Waals surface area contributed by atoms with Gasteiger partial charge in [0.2, 0.25) is 0 Å². The molecular weight excluding hydrogens is 446 g/mol. The summed E-state index contributed by atoms with van der Waals surface area (Å²) in [4.78, 5) is 22.4. The van der Waals surface area contributed by atoms with E-state index < -0.39 is 9.84 Å². The molecule has 1 aromatic heterocycles. The number of carbonyl (C=O) groups excluding carboxylic acids is 1. The van der Waals surface area contributed by atoms with Crippen molar-refractivity contribution in [3.63, 3.8) is 0 Å². The Bertz CT molecular complexity index is 1250. The van der Waals surface area contributed by atoms with E-state index in [0.717, 1.165) is 40.7 Å². The predicted octanol–water partition coefficient (Wildman–Crippen LogP) is 3.30. The van der Waals surface area contributed by atoms with Gasteiger partial charge in [0, 0.05) is 32.4 Å². The number of morpholine rings is 1. The monoisotopic (exact) mass is 473 g/mol. The molecule has 0 aliphatic carbocycles. The molecule has 0 atom stereocenters. The summed E-state index contributed by atoms with van der Waals surface area (Å²) in [5, 5.41) is 0.579. The molecule has 0 N–H and O–H groups in total. The molecule has 170 valence electrons. The van der Waals surface area contributed by atoms with Crippen molar-refractivity contribution >= 4 is 42.4 Å². The number of ether oxygens (including phenoxy) is 1. The molecule has 0 spiro atoms. The molecule has 2 aromatic carbocycles. The summed E-state index contributed by atoms with van der Waals surface area (Å²) in [5.74, 6) is -0.354. The number of fused-ring (bicyclic) bond motifs is 1. The molecule has 0 bridgehead atoms. The van der Waals surface area contributed by atoms with E-state index in [4.69, 9.17) is 9.72 Å². The van der Waals surface area contributed by atoms with E-state index in [1.165, 1.54) is 17.4 Å². The van der Waals surface area contributed by atoms with E-state index in [1.807, 2.05) is 19.9 Å². The summed E-state index contributed by atoms with van der Waals surface area (Å²) in [6.07, 6.45) is 1.13. The van der Waals surface area contributed by atoms with E-state index in [1.54, 1.807) is 23.1 Å². The zero-order valence-electron chi connectivity index (χ0n) is 18.5. The van der Waals surface area contributed by atoms with Gasteiger partial charge in [0.15, 0.2) is 15.0 Å². The van der Waals surface area contributed by atoms with E-state index in [2.05, 4.69) is 11.0 Å². The van der Waals surface area contributed by atoms with Crippen molar-refractivity contribution in [2.45, 2.75) is 18.7 Å². The first-order valence-corrected chi connectivity index (χ1v) is 13.2. The Morgan fingerprint density at radius 2 is 1.88 bits per heavy atom. The number of benzene rings is 2. The quantitative estimate of drug-likeness (QED) is 0.547. The van der Waals surface area contributed by atoms with Crippen molar-refractivity contribution < 1.29 is 17.9 Å². The number of thiazole rings is 1. The number of carbonyl (C=O) groups is 1. The number of sulfone groups is 1. The lowest BCUT2D eigenvalue weighted by molar-refractivity contribution is 0.0391. The first-order chi connectivity index (χ1) is 15.3. The van der Waals surface area contributed by atoms with Gasteiger partial charge in [-0.15, -0.1) is 0 Å². The maximum Gasteiger partial charge on any atom is 0.261 e. The average Bonchev–Trinajstić information content (AvgIpc) is 3.21. The van der Waals surface area contributed by atoms with Crippen LogP contribution < -0.4 is 4.90 Å². The molecule has 1 aliphatic rings. The van der Waals surface area contributed by atoms with Crippen molar-refractivity contribution in [2.24, 2.45) is 0 Å². The van der Waals surface area contributed by atoms with Crippen LogP contribution in [0.1, 0.15) is 21.5 Å². The second-order valence-electron chi connectivity index (χ2n) is 8.03. The molecule has 1 saturated heterocycles. The highest BCUT2D eigenvalue weighted by atomic mass is 32.2. The van der Waals surface area contributed by atoms with Gasteiger partial charge in [-0.05, 0) is 43.2 Å². The SMILES string of the molecule is Cc1ccc2sc(N(CCN3CCOCC3)C(=O)c3ccccc3S(C)(=O)=O)nc2c1C. The average molecular weight is 474 g/mol. The van der Waals surface area contributed by atoms with Gasteiger partial charge in [0.1, 0.15) is 0 Å². The fourth-order valence-electron chi connectivity index (χ4n) is 3.79. The molecule has 7 nitrogen and oxygen atoms in total. The molecule has 1 fully saturated rings. The Kier molecular flexibility index (Phi) is 6.62. The first-order valence-electron chi connectivity index (χ1n) is 10.5.